The molecule has 0 aliphatic rings. The van der Waals surface area contributed by atoms with Crippen LogP contribution in [0, 0.1) is 0 Å². The number of carbonyl (C=O) groups is 1. The second-order valence-corrected chi connectivity index (χ2v) is 4.61. The monoisotopic (exact) mass is 249 g/mol. The highest BCUT2D eigenvalue weighted by molar-refractivity contribution is 7.07. The van der Waals surface area contributed by atoms with Crippen molar-refractivity contribution in [2.45, 2.75) is 19.4 Å². The third-order valence-electron chi connectivity index (χ3n) is 2.59. The van der Waals surface area contributed by atoms with E-state index >= 15 is 0 Å². The van der Waals surface area contributed by atoms with Crippen LogP contribution in [0.5, 0.6) is 0 Å². The number of amides is 1. The Bertz CT molecular complexity index is 450. The predicted octanol–water partition coefficient (Wildman–Crippen LogP) is 1.86. The Hall–Kier alpha value is -1.62. The minimum absolute atomic E-state index is 0.00364. The molecule has 0 unspecified atom stereocenters. The van der Waals surface area contributed by atoms with E-state index in [0.717, 1.165) is 6.42 Å². The zero-order valence-electron chi connectivity index (χ0n) is 9.67. The van der Waals surface area contributed by atoms with Crippen LogP contribution in [0.4, 0.5) is 0 Å². The summed E-state index contributed by atoms with van der Waals surface area (Å²) in [4.78, 5) is 11.8. The van der Waals surface area contributed by atoms with Gasteiger partial charge in [-0.25, -0.2) is 0 Å². The van der Waals surface area contributed by atoms with Gasteiger partial charge >= 0.3 is 0 Å². The molecule has 1 amide bonds. The summed E-state index contributed by atoms with van der Waals surface area (Å²) in [5.41, 5.74) is 1.27. The molecule has 0 saturated carbocycles. The Labute approximate surface area is 104 Å². The van der Waals surface area contributed by atoms with Gasteiger partial charge in [0.05, 0.1) is 0 Å². The number of hydrogen-bond donors (Lipinski definition) is 1. The van der Waals surface area contributed by atoms with Crippen LogP contribution in [0.1, 0.15) is 18.5 Å². The topological polar surface area (TPSA) is 46.9 Å². The van der Waals surface area contributed by atoms with Gasteiger partial charge < -0.3 is 5.32 Å². The van der Waals surface area contributed by atoms with Gasteiger partial charge in [0.1, 0.15) is 6.04 Å². The van der Waals surface area contributed by atoms with Crippen LogP contribution in [0.15, 0.2) is 35.3 Å². The summed E-state index contributed by atoms with van der Waals surface area (Å²) in [5, 5.41) is 11.1. The van der Waals surface area contributed by atoms with E-state index in [0.29, 0.717) is 6.54 Å². The van der Waals surface area contributed by atoms with Crippen molar-refractivity contribution in [2.75, 3.05) is 6.54 Å². The van der Waals surface area contributed by atoms with Gasteiger partial charge in [0, 0.05) is 18.9 Å². The zero-order chi connectivity index (χ0) is 12.1. The molecule has 5 heteroatoms. The van der Waals surface area contributed by atoms with Gasteiger partial charge in [-0.2, -0.15) is 16.4 Å². The normalized spacial score (nSPS) is 12.3. The molecule has 0 aromatic carbocycles. The van der Waals surface area contributed by atoms with E-state index < -0.39 is 0 Å². The van der Waals surface area contributed by atoms with E-state index in [4.69, 9.17) is 0 Å². The van der Waals surface area contributed by atoms with Crippen molar-refractivity contribution in [3.63, 3.8) is 0 Å². The highest BCUT2D eigenvalue weighted by Crippen LogP contribution is 2.06. The van der Waals surface area contributed by atoms with Crippen LogP contribution in [-0.2, 0) is 11.2 Å². The van der Waals surface area contributed by atoms with Crippen molar-refractivity contribution in [1.82, 2.24) is 15.1 Å². The summed E-state index contributed by atoms with van der Waals surface area (Å²) in [6, 6.07) is 3.63. The Morgan fingerprint density at radius 2 is 2.53 bits per heavy atom. The molecule has 17 heavy (non-hydrogen) atoms. The van der Waals surface area contributed by atoms with E-state index in [1.54, 1.807) is 28.4 Å². The van der Waals surface area contributed by atoms with Crippen LogP contribution in [0.2, 0.25) is 0 Å². The van der Waals surface area contributed by atoms with Crippen LogP contribution in [-0.4, -0.2) is 22.2 Å². The number of rotatable bonds is 5. The zero-order valence-corrected chi connectivity index (χ0v) is 10.5. The molecule has 0 aliphatic carbocycles. The summed E-state index contributed by atoms with van der Waals surface area (Å²) in [6.45, 7) is 2.51. The van der Waals surface area contributed by atoms with Crippen molar-refractivity contribution >= 4 is 17.2 Å². The van der Waals surface area contributed by atoms with Crippen LogP contribution in [0.25, 0.3) is 0 Å². The third-order valence-corrected chi connectivity index (χ3v) is 3.33. The number of thiophene rings is 1. The minimum Gasteiger partial charge on any atom is -0.354 e. The minimum atomic E-state index is -0.257. The van der Waals surface area contributed by atoms with Gasteiger partial charge in [0.15, 0.2) is 0 Å². The standard InChI is InChI=1S/C12H15N3OS/c1-10(15-7-2-5-14-15)12(16)13-6-3-11-4-8-17-9-11/h2,4-5,7-10H,3,6H2,1H3,(H,13,16)/t10-/m1/s1. The van der Waals surface area contributed by atoms with E-state index in [1.165, 1.54) is 5.56 Å². The largest absolute Gasteiger partial charge is 0.354 e. The van der Waals surface area contributed by atoms with Crippen molar-refractivity contribution in [2.24, 2.45) is 0 Å². The fraction of sp³-hybridized carbons (Fsp3) is 0.333. The Kier molecular flexibility index (Phi) is 3.93. The Balaban J connectivity index is 1.77. The van der Waals surface area contributed by atoms with Crippen molar-refractivity contribution in [1.29, 1.82) is 0 Å². The fourth-order valence-corrected chi connectivity index (χ4v) is 2.25. The van der Waals surface area contributed by atoms with Crippen molar-refractivity contribution < 1.29 is 4.79 Å². The highest BCUT2D eigenvalue weighted by atomic mass is 32.1. The van der Waals surface area contributed by atoms with Crippen molar-refractivity contribution in [3.05, 3.63) is 40.8 Å². The molecule has 2 heterocycles. The third kappa shape index (κ3) is 3.17. The van der Waals surface area contributed by atoms with E-state index in [9.17, 15) is 4.79 Å². The first-order chi connectivity index (χ1) is 8.27. The first kappa shape index (κ1) is 11.9. The molecular formula is C12H15N3OS. The molecule has 1 N–H and O–H groups in total. The lowest BCUT2D eigenvalue weighted by Crippen LogP contribution is -2.32. The summed E-state index contributed by atoms with van der Waals surface area (Å²) < 4.78 is 1.65. The molecule has 0 spiro atoms. The number of nitrogens with zero attached hydrogens (tertiary/aromatic N) is 2. The lowest BCUT2D eigenvalue weighted by molar-refractivity contribution is -0.124. The molecular weight excluding hydrogens is 234 g/mol. The van der Waals surface area contributed by atoms with Crippen LogP contribution < -0.4 is 5.32 Å². The van der Waals surface area contributed by atoms with E-state index in [1.807, 2.05) is 18.4 Å². The molecule has 4 nitrogen and oxygen atoms in total. The molecule has 2 rings (SSSR count). The van der Waals surface area contributed by atoms with E-state index in [-0.39, 0.29) is 11.9 Å². The molecule has 90 valence electrons. The van der Waals surface area contributed by atoms with Crippen LogP contribution >= 0.6 is 11.3 Å². The first-order valence-electron chi connectivity index (χ1n) is 5.55. The average Bonchev–Trinajstić information content (AvgIpc) is 3.00. The molecule has 1 atom stereocenters. The summed E-state index contributed by atoms with van der Waals surface area (Å²) in [6.07, 6.45) is 4.35. The van der Waals surface area contributed by atoms with Gasteiger partial charge in [-0.3, -0.25) is 9.48 Å². The Morgan fingerprint density at radius 3 is 3.18 bits per heavy atom. The maximum Gasteiger partial charge on any atom is 0.244 e. The maximum absolute atomic E-state index is 11.8. The number of aromatic nitrogens is 2. The molecule has 2 aromatic rings. The molecule has 0 saturated heterocycles. The molecule has 0 fully saturated rings. The van der Waals surface area contributed by atoms with Gasteiger partial charge in [0.25, 0.3) is 0 Å². The number of nitrogens with one attached hydrogen (secondary N) is 1. The molecule has 2 aromatic heterocycles. The summed E-state index contributed by atoms with van der Waals surface area (Å²) in [5.74, 6) is 0.00364. The van der Waals surface area contributed by atoms with Crippen LogP contribution in [0.3, 0.4) is 0 Å². The SMILES string of the molecule is C[C@H](C(=O)NCCc1ccsc1)n1cccn1. The average molecular weight is 249 g/mol. The lowest BCUT2D eigenvalue weighted by Gasteiger charge is -2.12. The number of carbonyl (C=O) groups excluding carboxylic acids is 1. The smallest absolute Gasteiger partial charge is 0.244 e. The lowest BCUT2D eigenvalue weighted by atomic mass is 10.2. The molecule has 0 bridgehead atoms. The van der Waals surface area contributed by atoms with Crippen molar-refractivity contribution in [3.8, 4) is 0 Å². The quantitative estimate of drug-likeness (QED) is 0.879. The maximum atomic E-state index is 11.8. The summed E-state index contributed by atoms with van der Waals surface area (Å²) in [7, 11) is 0. The van der Waals surface area contributed by atoms with Gasteiger partial charge in [0.2, 0.25) is 5.91 Å². The highest BCUT2D eigenvalue weighted by Gasteiger charge is 2.13. The first-order valence-corrected chi connectivity index (χ1v) is 6.49. The van der Waals surface area contributed by atoms with Gasteiger partial charge in [-0.15, -0.1) is 0 Å². The number of hydrogen-bond acceptors (Lipinski definition) is 3. The van der Waals surface area contributed by atoms with Gasteiger partial charge in [-0.05, 0) is 41.8 Å². The molecule has 0 radical (unpaired) electrons. The second-order valence-electron chi connectivity index (χ2n) is 3.83. The summed E-state index contributed by atoms with van der Waals surface area (Å²) >= 11 is 1.68. The van der Waals surface area contributed by atoms with E-state index in [2.05, 4.69) is 21.9 Å². The molecule has 0 aliphatic heterocycles. The second kappa shape index (κ2) is 5.63. The predicted molar refractivity (Wildman–Crippen MR) is 68.0 cm³/mol. The fourth-order valence-electron chi connectivity index (χ4n) is 1.54. The van der Waals surface area contributed by atoms with Gasteiger partial charge in [-0.1, -0.05) is 0 Å². The Morgan fingerprint density at radius 1 is 1.65 bits per heavy atom.